The van der Waals surface area contributed by atoms with Crippen molar-refractivity contribution in [2.45, 2.75) is 6.04 Å². The van der Waals surface area contributed by atoms with Crippen molar-refractivity contribution >= 4 is 5.69 Å². The first-order chi connectivity index (χ1) is 6.61. The molecule has 0 aliphatic carbocycles. The molecule has 1 aromatic rings. The molecule has 0 fully saturated rings. The molecule has 0 saturated heterocycles. The molecule has 0 saturated carbocycles. The van der Waals surface area contributed by atoms with Gasteiger partial charge in [-0.25, -0.2) is 4.39 Å². The molecule has 1 aromatic carbocycles. The fourth-order valence-corrected chi connectivity index (χ4v) is 1.48. The molecule has 74 valence electrons. The molecule has 1 atom stereocenters. The number of nitrogens with zero attached hydrogens (tertiary/aromatic N) is 1. The normalized spacial score (nSPS) is 18.9. The quantitative estimate of drug-likeness (QED) is 0.541. The summed E-state index contributed by atoms with van der Waals surface area (Å²) in [5, 5.41) is 10.6. The van der Waals surface area contributed by atoms with Crippen molar-refractivity contribution in [3.63, 3.8) is 0 Å². The fraction of sp³-hybridized carbons (Fsp3) is 0.250. The molecule has 0 aromatic heterocycles. The molecule has 1 heterocycles. The van der Waals surface area contributed by atoms with Crippen LogP contribution in [-0.4, -0.2) is 11.5 Å². The second-order valence-electron chi connectivity index (χ2n) is 2.98. The number of hydrogen-bond donors (Lipinski definition) is 1. The molecule has 0 spiro atoms. The molecule has 0 bridgehead atoms. The van der Waals surface area contributed by atoms with Gasteiger partial charge in [0.2, 0.25) is 0 Å². The molecule has 1 aliphatic rings. The van der Waals surface area contributed by atoms with Crippen LogP contribution in [0.2, 0.25) is 0 Å². The summed E-state index contributed by atoms with van der Waals surface area (Å²) in [6.45, 7) is 0.0805. The monoisotopic (exact) mass is 198 g/mol. The summed E-state index contributed by atoms with van der Waals surface area (Å²) in [7, 11) is 0. The van der Waals surface area contributed by atoms with Gasteiger partial charge in [-0.2, -0.15) is 0 Å². The summed E-state index contributed by atoms with van der Waals surface area (Å²) in [6.07, 6.45) is 0. The van der Waals surface area contributed by atoms with E-state index in [1.165, 1.54) is 0 Å². The zero-order valence-electron chi connectivity index (χ0n) is 7.07. The maximum Gasteiger partial charge on any atom is 0.278 e. The molecule has 0 radical (unpaired) electrons. The SMILES string of the molecule is N[C@@H]1COc2c(F)ccc([N+](=O)[O-])c21. The lowest BCUT2D eigenvalue weighted by Gasteiger charge is -2.02. The number of ether oxygens (including phenoxy) is 1. The zero-order chi connectivity index (χ0) is 10.3. The number of nitro groups is 1. The van der Waals surface area contributed by atoms with Crippen molar-refractivity contribution in [1.29, 1.82) is 0 Å². The highest BCUT2D eigenvalue weighted by atomic mass is 19.1. The van der Waals surface area contributed by atoms with Gasteiger partial charge in [0.1, 0.15) is 6.61 Å². The van der Waals surface area contributed by atoms with Crippen molar-refractivity contribution in [3.8, 4) is 5.75 Å². The van der Waals surface area contributed by atoms with Gasteiger partial charge in [0.25, 0.3) is 5.69 Å². The van der Waals surface area contributed by atoms with E-state index in [2.05, 4.69) is 0 Å². The van der Waals surface area contributed by atoms with Crippen LogP contribution >= 0.6 is 0 Å². The summed E-state index contributed by atoms with van der Waals surface area (Å²) < 4.78 is 18.0. The predicted octanol–water partition coefficient (Wildman–Crippen LogP) is 1.13. The Balaban J connectivity index is 2.66. The molecule has 2 rings (SSSR count). The van der Waals surface area contributed by atoms with Crippen LogP contribution in [0.25, 0.3) is 0 Å². The number of nitrogens with two attached hydrogens (primary N) is 1. The minimum Gasteiger partial charge on any atom is -0.488 e. The number of nitro benzene ring substituents is 1. The van der Waals surface area contributed by atoms with E-state index in [-0.39, 0.29) is 23.6 Å². The average Bonchev–Trinajstić information content (AvgIpc) is 2.50. The molecule has 5 nitrogen and oxygen atoms in total. The molecular formula is C8H7FN2O3. The van der Waals surface area contributed by atoms with Gasteiger partial charge in [-0.15, -0.1) is 0 Å². The summed E-state index contributed by atoms with van der Waals surface area (Å²) in [4.78, 5) is 10.00. The van der Waals surface area contributed by atoms with E-state index in [0.717, 1.165) is 12.1 Å². The molecule has 0 amide bonds. The number of fused-ring (bicyclic) bond motifs is 1. The van der Waals surface area contributed by atoms with Gasteiger partial charge in [-0.3, -0.25) is 10.1 Å². The second kappa shape index (κ2) is 2.91. The van der Waals surface area contributed by atoms with E-state index < -0.39 is 16.8 Å². The van der Waals surface area contributed by atoms with E-state index in [9.17, 15) is 14.5 Å². The van der Waals surface area contributed by atoms with E-state index >= 15 is 0 Å². The van der Waals surface area contributed by atoms with Crippen LogP contribution in [0.15, 0.2) is 12.1 Å². The lowest BCUT2D eigenvalue weighted by atomic mass is 10.1. The highest BCUT2D eigenvalue weighted by molar-refractivity contribution is 5.54. The lowest BCUT2D eigenvalue weighted by Crippen LogP contribution is -2.12. The van der Waals surface area contributed by atoms with Crippen LogP contribution in [0.4, 0.5) is 10.1 Å². The van der Waals surface area contributed by atoms with Crippen LogP contribution < -0.4 is 10.5 Å². The predicted molar refractivity (Wildman–Crippen MR) is 45.5 cm³/mol. The van der Waals surface area contributed by atoms with Crippen molar-refractivity contribution in [3.05, 3.63) is 33.6 Å². The first kappa shape index (κ1) is 8.89. The Morgan fingerprint density at radius 3 is 3.00 bits per heavy atom. The Hall–Kier alpha value is -1.69. The second-order valence-corrected chi connectivity index (χ2v) is 2.98. The Morgan fingerprint density at radius 1 is 1.64 bits per heavy atom. The Kier molecular flexibility index (Phi) is 1.85. The zero-order valence-corrected chi connectivity index (χ0v) is 7.07. The molecule has 14 heavy (non-hydrogen) atoms. The van der Waals surface area contributed by atoms with Gasteiger partial charge >= 0.3 is 0 Å². The van der Waals surface area contributed by atoms with E-state index in [1.807, 2.05) is 0 Å². The third-order valence-electron chi connectivity index (χ3n) is 2.10. The summed E-state index contributed by atoms with van der Waals surface area (Å²) in [5.74, 6) is -0.703. The minimum absolute atomic E-state index is 0.0805. The Morgan fingerprint density at radius 2 is 2.36 bits per heavy atom. The molecule has 6 heteroatoms. The number of benzene rings is 1. The van der Waals surface area contributed by atoms with E-state index in [4.69, 9.17) is 10.5 Å². The maximum absolute atomic E-state index is 13.1. The average molecular weight is 198 g/mol. The fourth-order valence-electron chi connectivity index (χ4n) is 1.48. The van der Waals surface area contributed by atoms with Gasteiger partial charge in [-0.1, -0.05) is 0 Å². The first-order valence-electron chi connectivity index (χ1n) is 3.96. The molecule has 2 N–H and O–H groups in total. The summed E-state index contributed by atoms with van der Waals surface area (Å²) >= 11 is 0. The van der Waals surface area contributed by atoms with Crippen molar-refractivity contribution in [2.75, 3.05) is 6.61 Å². The van der Waals surface area contributed by atoms with Crippen LogP contribution in [0.1, 0.15) is 11.6 Å². The van der Waals surface area contributed by atoms with Crippen LogP contribution in [0.5, 0.6) is 5.75 Å². The highest BCUT2D eigenvalue weighted by Gasteiger charge is 2.32. The van der Waals surface area contributed by atoms with Gasteiger partial charge in [0, 0.05) is 6.07 Å². The van der Waals surface area contributed by atoms with Gasteiger partial charge < -0.3 is 10.5 Å². The number of halogens is 1. The van der Waals surface area contributed by atoms with E-state index in [1.54, 1.807) is 0 Å². The Labute approximate surface area is 78.4 Å². The number of hydrogen-bond acceptors (Lipinski definition) is 4. The van der Waals surface area contributed by atoms with Crippen LogP contribution in [0.3, 0.4) is 0 Å². The molecule has 0 unspecified atom stereocenters. The lowest BCUT2D eigenvalue weighted by molar-refractivity contribution is -0.385. The van der Waals surface area contributed by atoms with E-state index in [0.29, 0.717) is 0 Å². The molecular weight excluding hydrogens is 191 g/mol. The van der Waals surface area contributed by atoms with Crippen LogP contribution in [-0.2, 0) is 0 Å². The number of rotatable bonds is 1. The smallest absolute Gasteiger partial charge is 0.278 e. The van der Waals surface area contributed by atoms with Crippen LogP contribution in [0, 0.1) is 15.9 Å². The summed E-state index contributed by atoms with van der Waals surface area (Å²) in [5.41, 5.74) is 5.52. The van der Waals surface area contributed by atoms with Gasteiger partial charge in [0.05, 0.1) is 16.5 Å². The Bertz CT molecular complexity index is 408. The van der Waals surface area contributed by atoms with Crippen molar-refractivity contribution < 1.29 is 14.1 Å². The van der Waals surface area contributed by atoms with Crippen molar-refractivity contribution in [2.24, 2.45) is 5.73 Å². The molecule has 1 aliphatic heterocycles. The largest absolute Gasteiger partial charge is 0.488 e. The highest BCUT2D eigenvalue weighted by Crippen LogP contribution is 2.39. The van der Waals surface area contributed by atoms with Gasteiger partial charge in [0.15, 0.2) is 11.6 Å². The third-order valence-corrected chi connectivity index (χ3v) is 2.10. The topological polar surface area (TPSA) is 78.4 Å². The minimum atomic E-state index is -0.624. The standard InChI is InChI=1S/C8H7FN2O3/c9-4-1-2-6(11(12)13)7-5(10)3-14-8(4)7/h1-2,5H,3,10H2/t5-/m1/s1. The maximum atomic E-state index is 13.1. The van der Waals surface area contributed by atoms with Crippen molar-refractivity contribution in [1.82, 2.24) is 0 Å². The third kappa shape index (κ3) is 1.12. The first-order valence-corrected chi connectivity index (χ1v) is 3.96. The van der Waals surface area contributed by atoms with Gasteiger partial charge in [-0.05, 0) is 6.07 Å². The summed E-state index contributed by atoms with van der Waals surface area (Å²) in [6, 6.07) is 1.48.